The van der Waals surface area contributed by atoms with Crippen molar-refractivity contribution < 1.29 is 23.0 Å². The molecule has 1 atom stereocenters. The van der Waals surface area contributed by atoms with E-state index in [0.29, 0.717) is 22.9 Å². The summed E-state index contributed by atoms with van der Waals surface area (Å²) < 4.78 is 40.9. The maximum Gasteiger partial charge on any atom is 0.573 e. The van der Waals surface area contributed by atoms with Crippen molar-refractivity contribution in [3.05, 3.63) is 59.8 Å². The first-order valence-corrected chi connectivity index (χ1v) is 7.95. The molecule has 26 heavy (non-hydrogen) atoms. The molecule has 0 aromatic heterocycles. The second-order valence-electron chi connectivity index (χ2n) is 5.54. The molecule has 0 saturated carbocycles. The third-order valence-corrected chi connectivity index (χ3v) is 3.53. The van der Waals surface area contributed by atoms with Crippen LogP contribution in [0.1, 0.15) is 18.9 Å². The van der Waals surface area contributed by atoms with Gasteiger partial charge in [0.15, 0.2) is 0 Å². The van der Waals surface area contributed by atoms with E-state index in [1.54, 1.807) is 24.4 Å². The summed E-state index contributed by atoms with van der Waals surface area (Å²) in [7, 11) is 0. The summed E-state index contributed by atoms with van der Waals surface area (Å²) in [5.74, 6) is 0.693. The maximum absolute atomic E-state index is 12.3. The zero-order chi connectivity index (χ0) is 19.2. The van der Waals surface area contributed by atoms with Crippen LogP contribution in [0.2, 0.25) is 0 Å². The van der Waals surface area contributed by atoms with Gasteiger partial charge in [-0.05, 0) is 30.7 Å². The first kappa shape index (κ1) is 19.5. The van der Waals surface area contributed by atoms with Crippen molar-refractivity contribution in [1.29, 1.82) is 0 Å². The topological polar surface area (TPSA) is 91.6 Å². The largest absolute Gasteiger partial charge is 0.573 e. The molecule has 1 aliphatic heterocycles. The number of benzene rings is 1. The maximum atomic E-state index is 12.3. The summed E-state index contributed by atoms with van der Waals surface area (Å²) in [5.41, 5.74) is 6.95. The van der Waals surface area contributed by atoms with Gasteiger partial charge < -0.3 is 31.5 Å². The van der Waals surface area contributed by atoms with Gasteiger partial charge in [-0.3, -0.25) is 0 Å². The minimum absolute atomic E-state index is 0.0276. The highest BCUT2D eigenvalue weighted by molar-refractivity contribution is 5.68. The molecule has 1 heterocycles. The molecule has 0 aliphatic carbocycles. The molecule has 1 aliphatic rings. The van der Waals surface area contributed by atoms with Crippen molar-refractivity contribution in [2.24, 2.45) is 5.73 Å². The fourth-order valence-electron chi connectivity index (χ4n) is 2.21. The van der Waals surface area contributed by atoms with Gasteiger partial charge in [-0.25, -0.2) is 0 Å². The van der Waals surface area contributed by atoms with Crippen LogP contribution in [0.15, 0.2) is 54.3 Å². The van der Waals surface area contributed by atoms with Crippen molar-refractivity contribution in [3.63, 3.8) is 0 Å². The number of allylic oxidation sites excluding steroid dienone is 2. The first-order valence-electron chi connectivity index (χ1n) is 7.95. The molecule has 0 bridgehead atoms. The molecular formula is C17H21F3N4O2. The quantitative estimate of drug-likeness (QED) is 0.505. The number of hydrogen-bond acceptors (Lipinski definition) is 6. The van der Waals surface area contributed by atoms with E-state index in [0.717, 1.165) is 6.42 Å². The highest BCUT2D eigenvalue weighted by atomic mass is 19.4. The van der Waals surface area contributed by atoms with Gasteiger partial charge in [0.25, 0.3) is 0 Å². The fraction of sp³-hybridized carbons (Fsp3) is 0.294. The summed E-state index contributed by atoms with van der Waals surface area (Å²) in [4.78, 5) is 0. The van der Waals surface area contributed by atoms with Crippen LogP contribution in [-0.4, -0.2) is 24.1 Å². The van der Waals surface area contributed by atoms with Gasteiger partial charge in [0.1, 0.15) is 11.6 Å². The van der Waals surface area contributed by atoms with Crippen LogP contribution in [0.25, 0.3) is 5.70 Å². The lowest BCUT2D eigenvalue weighted by atomic mass is 10.1. The number of ether oxygens (including phenoxy) is 1. The minimum Gasteiger partial charge on any atom is -0.406 e. The van der Waals surface area contributed by atoms with Crippen LogP contribution < -0.4 is 26.4 Å². The van der Waals surface area contributed by atoms with Crippen molar-refractivity contribution in [2.75, 3.05) is 6.61 Å². The van der Waals surface area contributed by atoms with Gasteiger partial charge in [-0.2, -0.15) is 0 Å². The standard InChI is InChI=1S/C17H21F3N4O2/c1-2-12(10-25)23-15(21)6-7-16-22-9-14(24-16)11-4-3-5-13(8-11)26-17(18,19)20/h3-9,12,22-25H,2,10,21H2,1H3/b15-6+,16-7-. The van der Waals surface area contributed by atoms with Crippen molar-refractivity contribution in [2.45, 2.75) is 25.7 Å². The molecule has 1 aromatic rings. The fourth-order valence-corrected chi connectivity index (χ4v) is 2.21. The van der Waals surface area contributed by atoms with Crippen molar-refractivity contribution in [3.8, 4) is 5.75 Å². The SMILES string of the molecule is CCC(CO)N/C(N)=C/C=C1/NC=C(c2cccc(OC(F)(F)F)c2)N1. The van der Waals surface area contributed by atoms with E-state index < -0.39 is 6.36 Å². The molecular weight excluding hydrogens is 349 g/mol. The van der Waals surface area contributed by atoms with E-state index >= 15 is 0 Å². The molecule has 1 aromatic carbocycles. The van der Waals surface area contributed by atoms with E-state index in [4.69, 9.17) is 10.8 Å². The van der Waals surface area contributed by atoms with Crippen LogP contribution in [0.5, 0.6) is 5.75 Å². The second-order valence-corrected chi connectivity index (χ2v) is 5.54. The molecule has 6 nitrogen and oxygen atoms in total. The summed E-state index contributed by atoms with van der Waals surface area (Å²) in [5, 5.41) is 18.1. The molecule has 142 valence electrons. The number of halogens is 3. The van der Waals surface area contributed by atoms with Crippen LogP contribution in [0, 0.1) is 0 Å². The average molecular weight is 370 g/mol. The lowest BCUT2D eigenvalue weighted by Gasteiger charge is -2.15. The molecule has 2 rings (SSSR count). The summed E-state index contributed by atoms with van der Waals surface area (Å²) in [6.45, 7) is 1.90. The Morgan fingerprint density at radius 1 is 1.42 bits per heavy atom. The van der Waals surface area contributed by atoms with E-state index in [1.165, 1.54) is 18.2 Å². The van der Waals surface area contributed by atoms with Gasteiger partial charge in [0.05, 0.1) is 24.2 Å². The third-order valence-electron chi connectivity index (χ3n) is 3.53. The van der Waals surface area contributed by atoms with Gasteiger partial charge in [0, 0.05) is 11.8 Å². The number of rotatable bonds is 7. The van der Waals surface area contributed by atoms with Crippen molar-refractivity contribution in [1.82, 2.24) is 16.0 Å². The molecule has 0 amide bonds. The van der Waals surface area contributed by atoms with Gasteiger partial charge in [-0.1, -0.05) is 19.1 Å². The molecule has 0 spiro atoms. The molecule has 1 unspecified atom stereocenters. The van der Waals surface area contributed by atoms with Gasteiger partial charge in [0.2, 0.25) is 0 Å². The highest BCUT2D eigenvalue weighted by Crippen LogP contribution is 2.26. The normalized spacial score (nSPS) is 17.3. The number of nitrogens with one attached hydrogen (secondary N) is 3. The molecule has 6 N–H and O–H groups in total. The Morgan fingerprint density at radius 2 is 2.19 bits per heavy atom. The summed E-state index contributed by atoms with van der Waals surface area (Å²) >= 11 is 0. The average Bonchev–Trinajstić information content (AvgIpc) is 3.05. The minimum atomic E-state index is -4.74. The predicted octanol–water partition coefficient (Wildman–Crippen LogP) is 2.08. The number of aliphatic hydroxyl groups is 1. The van der Waals surface area contributed by atoms with Crippen molar-refractivity contribution >= 4 is 5.70 Å². The lowest BCUT2D eigenvalue weighted by molar-refractivity contribution is -0.274. The molecule has 0 fully saturated rings. The van der Waals surface area contributed by atoms with E-state index in [2.05, 4.69) is 20.7 Å². The number of hydrogen-bond donors (Lipinski definition) is 5. The Kier molecular flexibility index (Phi) is 6.40. The lowest BCUT2D eigenvalue weighted by Crippen LogP contribution is -2.34. The zero-order valence-electron chi connectivity index (χ0n) is 14.1. The molecule has 0 radical (unpaired) electrons. The van der Waals surface area contributed by atoms with Crippen LogP contribution in [-0.2, 0) is 0 Å². The van der Waals surface area contributed by atoms with E-state index in [1.807, 2.05) is 6.92 Å². The Balaban J connectivity index is 2.00. The first-order chi connectivity index (χ1) is 12.3. The van der Waals surface area contributed by atoms with Gasteiger partial charge in [-0.15, -0.1) is 13.2 Å². The molecule has 0 saturated heterocycles. The number of alkyl halides is 3. The van der Waals surface area contributed by atoms with Gasteiger partial charge >= 0.3 is 6.36 Å². The second kappa shape index (κ2) is 8.52. The summed E-state index contributed by atoms with van der Waals surface area (Å²) in [6.07, 6.45) is 0.901. The van der Waals surface area contributed by atoms with Crippen LogP contribution >= 0.6 is 0 Å². The smallest absolute Gasteiger partial charge is 0.406 e. The van der Waals surface area contributed by atoms with E-state index in [-0.39, 0.29) is 18.4 Å². The Bertz CT molecular complexity index is 710. The summed E-state index contributed by atoms with van der Waals surface area (Å²) in [6, 6.07) is 5.53. The Hall–Kier alpha value is -2.81. The van der Waals surface area contributed by atoms with Crippen LogP contribution in [0.4, 0.5) is 13.2 Å². The van der Waals surface area contributed by atoms with E-state index in [9.17, 15) is 13.2 Å². The Morgan fingerprint density at radius 3 is 2.85 bits per heavy atom. The monoisotopic (exact) mass is 370 g/mol. The highest BCUT2D eigenvalue weighted by Gasteiger charge is 2.31. The molecule has 9 heteroatoms. The predicted molar refractivity (Wildman–Crippen MR) is 92.0 cm³/mol. The number of nitrogens with two attached hydrogens (primary N) is 1. The zero-order valence-corrected chi connectivity index (χ0v) is 14.1. The number of aliphatic hydroxyl groups excluding tert-OH is 1. The third kappa shape index (κ3) is 5.92. The van der Waals surface area contributed by atoms with Crippen LogP contribution in [0.3, 0.4) is 0 Å². The Labute approximate surface area is 149 Å².